The molecule has 5 heteroatoms. The van der Waals surface area contributed by atoms with Gasteiger partial charge in [0.05, 0.1) is 10.2 Å². The quantitative estimate of drug-likeness (QED) is 0.171. The highest BCUT2D eigenvalue weighted by molar-refractivity contribution is 7.26. The average Bonchev–Trinajstić information content (AvgIpc) is 3.95. The maximum atomic E-state index is 6.36. The Kier molecular flexibility index (Phi) is 7.22. The molecule has 3 nitrogen and oxygen atoms in total. The van der Waals surface area contributed by atoms with Crippen LogP contribution < -0.4 is 4.90 Å². The van der Waals surface area contributed by atoms with Crippen molar-refractivity contribution in [2.45, 2.75) is 0 Å². The number of fused-ring (bicyclic) bond motifs is 8. The molecule has 0 aliphatic carbocycles. The number of hydrogen-bond acceptors (Lipinski definition) is 5. The first-order valence-corrected chi connectivity index (χ1v) is 19.7. The van der Waals surface area contributed by atoms with Crippen LogP contribution in [0.2, 0.25) is 0 Å². The van der Waals surface area contributed by atoms with E-state index in [9.17, 15) is 0 Å². The summed E-state index contributed by atoms with van der Waals surface area (Å²) in [6.07, 6.45) is 0. The molecule has 0 saturated heterocycles. The molecule has 0 aliphatic rings. The Labute approximate surface area is 319 Å². The van der Waals surface area contributed by atoms with Gasteiger partial charge in [-0.2, -0.15) is 0 Å². The second-order valence-corrected chi connectivity index (χ2v) is 15.7. The highest BCUT2D eigenvalue weighted by Gasteiger charge is 2.18. The Morgan fingerprint density at radius 3 is 1.87 bits per heavy atom. The van der Waals surface area contributed by atoms with Crippen molar-refractivity contribution in [3.05, 3.63) is 182 Å². The number of aromatic nitrogens is 1. The lowest BCUT2D eigenvalue weighted by molar-refractivity contribution is 0.669. The number of rotatable bonds is 6. The van der Waals surface area contributed by atoms with Crippen LogP contribution in [-0.2, 0) is 0 Å². The monoisotopic (exact) mass is 726 g/mol. The topological polar surface area (TPSA) is 29.3 Å². The normalized spacial score (nSPS) is 11.7. The van der Waals surface area contributed by atoms with E-state index >= 15 is 0 Å². The van der Waals surface area contributed by atoms with Gasteiger partial charge in [0.15, 0.2) is 0 Å². The Hall–Kier alpha value is -6.53. The molecule has 54 heavy (non-hydrogen) atoms. The van der Waals surface area contributed by atoms with Gasteiger partial charge in [0.25, 0.3) is 0 Å². The third-order valence-corrected chi connectivity index (χ3v) is 12.5. The van der Waals surface area contributed by atoms with Crippen molar-refractivity contribution in [3.63, 3.8) is 0 Å². The maximum absolute atomic E-state index is 6.36. The van der Waals surface area contributed by atoms with E-state index in [-0.39, 0.29) is 0 Å². The van der Waals surface area contributed by atoms with Gasteiger partial charge >= 0.3 is 0 Å². The summed E-state index contributed by atoms with van der Waals surface area (Å²) < 4.78 is 10.1. The minimum absolute atomic E-state index is 0.873. The molecule has 254 valence electrons. The summed E-state index contributed by atoms with van der Waals surface area (Å²) in [6, 6.07) is 64.9. The number of para-hydroxylation sites is 1. The van der Waals surface area contributed by atoms with E-state index in [1.165, 1.54) is 47.1 Å². The molecule has 11 rings (SSSR count). The van der Waals surface area contributed by atoms with Crippen molar-refractivity contribution >= 4 is 92.1 Å². The van der Waals surface area contributed by atoms with E-state index in [2.05, 4.69) is 175 Å². The van der Waals surface area contributed by atoms with Crippen LogP contribution in [-0.4, -0.2) is 4.98 Å². The first-order valence-electron chi connectivity index (χ1n) is 18.0. The van der Waals surface area contributed by atoms with Crippen LogP contribution in [0.4, 0.5) is 17.1 Å². The Morgan fingerprint density at radius 1 is 0.389 bits per heavy atom. The van der Waals surface area contributed by atoms with Gasteiger partial charge in [-0.1, -0.05) is 115 Å². The first kappa shape index (κ1) is 31.0. The van der Waals surface area contributed by atoms with E-state index in [0.717, 1.165) is 55.1 Å². The Bertz CT molecular complexity index is 3160. The summed E-state index contributed by atoms with van der Waals surface area (Å²) >= 11 is 3.60. The van der Waals surface area contributed by atoms with Gasteiger partial charge in [-0.05, 0) is 82.9 Å². The number of nitrogens with zero attached hydrogens (tertiary/aromatic N) is 2. The Morgan fingerprint density at radius 2 is 1.02 bits per heavy atom. The van der Waals surface area contributed by atoms with Gasteiger partial charge in [-0.3, -0.25) is 0 Å². The maximum Gasteiger partial charge on any atom is 0.137 e. The minimum atomic E-state index is 0.873. The van der Waals surface area contributed by atoms with Crippen molar-refractivity contribution in [2.24, 2.45) is 0 Å². The highest BCUT2D eigenvalue weighted by Crippen LogP contribution is 2.44. The highest BCUT2D eigenvalue weighted by atomic mass is 32.1. The van der Waals surface area contributed by atoms with Crippen molar-refractivity contribution < 1.29 is 4.42 Å². The summed E-state index contributed by atoms with van der Waals surface area (Å²) in [7, 11) is 0. The summed E-state index contributed by atoms with van der Waals surface area (Å²) in [6.45, 7) is 0. The van der Waals surface area contributed by atoms with E-state index in [4.69, 9.17) is 9.40 Å². The summed E-state index contributed by atoms with van der Waals surface area (Å²) in [5.74, 6) is 0. The van der Waals surface area contributed by atoms with Gasteiger partial charge in [-0.25, -0.2) is 4.98 Å². The molecule has 0 bridgehead atoms. The summed E-state index contributed by atoms with van der Waals surface area (Å²) in [5.41, 5.74) is 11.9. The molecule has 0 aliphatic heterocycles. The van der Waals surface area contributed by atoms with E-state index in [0.29, 0.717) is 0 Å². The lowest BCUT2D eigenvalue weighted by atomic mass is 10.0. The molecule has 0 N–H and O–H groups in total. The van der Waals surface area contributed by atoms with E-state index < -0.39 is 0 Å². The number of anilines is 3. The molecule has 8 aromatic carbocycles. The van der Waals surface area contributed by atoms with Gasteiger partial charge in [0, 0.05) is 59.6 Å². The lowest BCUT2D eigenvalue weighted by Crippen LogP contribution is -2.10. The lowest BCUT2D eigenvalue weighted by Gasteiger charge is -2.26. The van der Waals surface area contributed by atoms with E-state index in [1.807, 2.05) is 23.5 Å². The molecule has 3 heterocycles. The molecule has 11 aromatic rings. The molecule has 3 aromatic heterocycles. The molecule has 0 atom stereocenters. The summed E-state index contributed by atoms with van der Waals surface area (Å²) in [5, 5.41) is 5.82. The molecule has 0 unspecified atom stereocenters. The number of hydrogen-bond donors (Lipinski definition) is 0. The molecule has 0 saturated carbocycles. The van der Waals surface area contributed by atoms with Gasteiger partial charge in [-0.15, -0.1) is 22.7 Å². The van der Waals surface area contributed by atoms with Crippen LogP contribution in [0.5, 0.6) is 0 Å². The van der Waals surface area contributed by atoms with Crippen LogP contribution in [0.25, 0.3) is 85.2 Å². The number of benzene rings is 8. The molecule has 0 amide bonds. The molecular weight excluding hydrogens is 697 g/mol. The van der Waals surface area contributed by atoms with Crippen molar-refractivity contribution in [1.82, 2.24) is 4.98 Å². The van der Waals surface area contributed by atoms with Crippen molar-refractivity contribution in [3.8, 4) is 32.8 Å². The Balaban J connectivity index is 0.993. The van der Waals surface area contributed by atoms with Gasteiger partial charge < -0.3 is 9.32 Å². The van der Waals surface area contributed by atoms with Crippen LogP contribution in [0.15, 0.2) is 186 Å². The largest absolute Gasteiger partial charge is 0.456 e. The van der Waals surface area contributed by atoms with Crippen molar-refractivity contribution in [1.29, 1.82) is 0 Å². The number of thiophene rings is 1. The predicted octanol–water partition coefficient (Wildman–Crippen LogP) is 15.0. The molecule has 0 radical (unpaired) electrons. The predicted molar refractivity (Wildman–Crippen MR) is 231 cm³/mol. The fourth-order valence-corrected chi connectivity index (χ4v) is 9.82. The van der Waals surface area contributed by atoms with E-state index in [1.54, 1.807) is 11.3 Å². The van der Waals surface area contributed by atoms with Crippen molar-refractivity contribution in [2.75, 3.05) is 4.90 Å². The second kappa shape index (κ2) is 12.6. The zero-order valence-electron chi connectivity index (χ0n) is 28.9. The standard InChI is InChI=1S/C49H30N2OS2/c1-3-10-31(11-4-1)34-14-9-15-37(28-34)51(38-23-25-40-39-16-7-8-17-42(39)52-43(40)30-38)36-21-18-32(19-22-36)35-20-24-41-46(29-35)53-44-26-27-45-48(47(41)44)50-49(54-45)33-12-5-2-6-13-33/h1-30H. The molecular formula is C49H30N2OS2. The molecule has 0 spiro atoms. The van der Waals surface area contributed by atoms with Gasteiger partial charge in [0.1, 0.15) is 16.2 Å². The number of furan rings is 1. The van der Waals surface area contributed by atoms with Gasteiger partial charge in [0.2, 0.25) is 0 Å². The first-order chi connectivity index (χ1) is 26.7. The smallest absolute Gasteiger partial charge is 0.137 e. The van der Waals surface area contributed by atoms with Crippen LogP contribution in [0.1, 0.15) is 0 Å². The number of thiazole rings is 1. The SMILES string of the molecule is c1ccc(-c2cccc(N(c3ccc(-c4ccc5c(c4)sc4ccc6sc(-c7ccccc7)nc6c45)cc3)c3ccc4c(c3)oc3ccccc34)c2)cc1. The van der Waals surface area contributed by atoms with Crippen LogP contribution in [0.3, 0.4) is 0 Å². The summed E-state index contributed by atoms with van der Waals surface area (Å²) in [4.78, 5) is 7.48. The second-order valence-electron chi connectivity index (χ2n) is 13.6. The molecule has 0 fully saturated rings. The zero-order valence-corrected chi connectivity index (χ0v) is 30.6. The third-order valence-electron chi connectivity index (χ3n) is 10.3. The average molecular weight is 727 g/mol. The fourth-order valence-electron chi connectivity index (χ4n) is 7.70. The van der Waals surface area contributed by atoms with Crippen LogP contribution in [0, 0.1) is 0 Å². The minimum Gasteiger partial charge on any atom is -0.456 e. The van der Waals surface area contributed by atoms with Crippen LogP contribution >= 0.6 is 22.7 Å². The third kappa shape index (κ3) is 5.20. The fraction of sp³-hybridized carbons (Fsp3) is 0. The zero-order chi connectivity index (χ0) is 35.6.